The molecule has 2 heterocycles. The van der Waals surface area contributed by atoms with Crippen LogP contribution in [0.1, 0.15) is 43.2 Å². The number of amidine groups is 1. The Kier molecular flexibility index (Phi) is 3.99. The van der Waals surface area contributed by atoms with Crippen LogP contribution in [0.2, 0.25) is 0 Å². The normalized spacial score (nSPS) is 16.9. The molecule has 0 atom stereocenters. The number of aryl methyl sites for hydroxylation is 1. The van der Waals surface area contributed by atoms with E-state index in [-0.39, 0.29) is 5.84 Å². The summed E-state index contributed by atoms with van der Waals surface area (Å²) in [5, 5.41) is 8.63. The average molecular weight is 252 g/mol. The van der Waals surface area contributed by atoms with Gasteiger partial charge in [0.2, 0.25) is 0 Å². The average Bonchev–Trinajstić information content (AvgIpc) is 2.57. The molecule has 0 aromatic carbocycles. The smallest absolute Gasteiger partial charge is 0.186 e. The van der Waals surface area contributed by atoms with Crippen molar-refractivity contribution in [2.24, 2.45) is 5.73 Å². The third-order valence-corrected chi connectivity index (χ3v) is 4.33. The maximum absolute atomic E-state index is 7.58. The quantitative estimate of drug-likeness (QED) is 0.641. The van der Waals surface area contributed by atoms with Crippen LogP contribution in [-0.4, -0.2) is 23.9 Å². The molecule has 0 amide bonds. The highest BCUT2D eigenvalue weighted by molar-refractivity contribution is 7.17. The largest absolute Gasteiger partial charge is 0.383 e. The summed E-state index contributed by atoms with van der Waals surface area (Å²) in [6.07, 6.45) is 5.98. The Hall–Kier alpha value is -1.10. The summed E-state index contributed by atoms with van der Waals surface area (Å²) in [6.45, 7) is 4.25. The summed E-state index contributed by atoms with van der Waals surface area (Å²) in [5.74, 6) is 0.153. The number of nitrogens with one attached hydrogen (secondary N) is 1. The van der Waals surface area contributed by atoms with Gasteiger partial charge < -0.3 is 10.6 Å². The first-order valence-electron chi connectivity index (χ1n) is 6.31. The molecule has 0 spiro atoms. The Labute approximate surface area is 106 Å². The molecular formula is C12H20N4S. The summed E-state index contributed by atoms with van der Waals surface area (Å²) >= 11 is 1.57. The van der Waals surface area contributed by atoms with E-state index >= 15 is 0 Å². The highest BCUT2D eigenvalue weighted by Gasteiger charge is 2.17. The molecule has 0 bridgehead atoms. The minimum Gasteiger partial charge on any atom is -0.383 e. The zero-order chi connectivity index (χ0) is 12.3. The second kappa shape index (κ2) is 5.49. The number of thiazole rings is 1. The number of hydrogen-bond acceptors (Lipinski definition) is 4. The van der Waals surface area contributed by atoms with E-state index in [4.69, 9.17) is 11.1 Å². The topological polar surface area (TPSA) is 66.0 Å². The van der Waals surface area contributed by atoms with E-state index in [2.05, 4.69) is 16.8 Å². The highest BCUT2D eigenvalue weighted by atomic mass is 32.1. The Morgan fingerprint density at radius 1 is 1.35 bits per heavy atom. The van der Waals surface area contributed by atoms with Gasteiger partial charge in [-0.25, -0.2) is 4.98 Å². The van der Waals surface area contributed by atoms with Gasteiger partial charge in [0, 0.05) is 13.1 Å². The standard InChI is InChI=1S/C12H20N4S/c1-2-9-10(11(13)14)17-12(15-9)16-7-5-3-4-6-8-16/h2-8H2,1H3,(H3,13,14). The van der Waals surface area contributed by atoms with Crippen molar-refractivity contribution in [1.29, 1.82) is 5.41 Å². The molecule has 1 aromatic rings. The third-order valence-electron chi connectivity index (χ3n) is 3.14. The molecule has 1 aliphatic rings. The lowest BCUT2D eigenvalue weighted by Crippen LogP contribution is -2.23. The number of nitrogen functional groups attached to an aromatic ring is 1. The van der Waals surface area contributed by atoms with Crippen LogP contribution in [0.4, 0.5) is 5.13 Å². The Morgan fingerprint density at radius 2 is 2.00 bits per heavy atom. The maximum atomic E-state index is 7.58. The van der Waals surface area contributed by atoms with Gasteiger partial charge in [-0.1, -0.05) is 31.1 Å². The molecule has 0 unspecified atom stereocenters. The van der Waals surface area contributed by atoms with Crippen LogP contribution in [-0.2, 0) is 6.42 Å². The second-order valence-corrected chi connectivity index (χ2v) is 5.42. The molecule has 2 rings (SSSR count). The van der Waals surface area contributed by atoms with Crippen molar-refractivity contribution in [3.8, 4) is 0 Å². The van der Waals surface area contributed by atoms with Crippen LogP contribution in [0.25, 0.3) is 0 Å². The van der Waals surface area contributed by atoms with Gasteiger partial charge in [0.15, 0.2) is 5.13 Å². The molecule has 1 aromatic heterocycles. The van der Waals surface area contributed by atoms with Gasteiger partial charge >= 0.3 is 0 Å². The van der Waals surface area contributed by atoms with Crippen molar-refractivity contribution in [3.63, 3.8) is 0 Å². The number of rotatable bonds is 3. The van der Waals surface area contributed by atoms with E-state index in [0.717, 1.165) is 35.2 Å². The highest BCUT2D eigenvalue weighted by Crippen LogP contribution is 2.28. The van der Waals surface area contributed by atoms with Crippen molar-refractivity contribution >= 4 is 22.3 Å². The van der Waals surface area contributed by atoms with E-state index in [1.807, 2.05) is 0 Å². The first kappa shape index (κ1) is 12.4. The van der Waals surface area contributed by atoms with Crippen LogP contribution in [0.3, 0.4) is 0 Å². The summed E-state index contributed by atoms with van der Waals surface area (Å²) in [6, 6.07) is 0. The van der Waals surface area contributed by atoms with Gasteiger partial charge in [0.25, 0.3) is 0 Å². The van der Waals surface area contributed by atoms with Gasteiger partial charge in [0.05, 0.1) is 10.6 Å². The minimum atomic E-state index is 0.153. The van der Waals surface area contributed by atoms with E-state index in [0.29, 0.717) is 0 Å². The van der Waals surface area contributed by atoms with Crippen LogP contribution >= 0.6 is 11.3 Å². The fourth-order valence-electron chi connectivity index (χ4n) is 2.19. The van der Waals surface area contributed by atoms with Gasteiger partial charge in [-0.05, 0) is 19.3 Å². The molecule has 1 aliphatic heterocycles. The predicted molar refractivity (Wildman–Crippen MR) is 73.2 cm³/mol. The Morgan fingerprint density at radius 3 is 2.47 bits per heavy atom. The monoisotopic (exact) mass is 252 g/mol. The lowest BCUT2D eigenvalue weighted by atomic mass is 10.2. The van der Waals surface area contributed by atoms with Crippen LogP contribution in [0, 0.1) is 5.41 Å². The number of aromatic nitrogens is 1. The Balaban J connectivity index is 2.22. The van der Waals surface area contributed by atoms with Crippen LogP contribution in [0.5, 0.6) is 0 Å². The van der Waals surface area contributed by atoms with Crippen molar-refractivity contribution < 1.29 is 0 Å². The number of nitrogens with zero attached hydrogens (tertiary/aromatic N) is 2. The van der Waals surface area contributed by atoms with E-state index in [1.165, 1.54) is 25.7 Å². The van der Waals surface area contributed by atoms with Crippen molar-refractivity contribution in [1.82, 2.24) is 4.98 Å². The summed E-state index contributed by atoms with van der Waals surface area (Å²) in [7, 11) is 0. The number of anilines is 1. The lowest BCUT2D eigenvalue weighted by molar-refractivity contribution is 0.726. The molecule has 1 fully saturated rings. The summed E-state index contributed by atoms with van der Waals surface area (Å²) in [5.41, 5.74) is 6.57. The SMILES string of the molecule is CCc1nc(N2CCCCCC2)sc1C(=N)N. The van der Waals surface area contributed by atoms with Crippen molar-refractivity contribution in [3.05, 3.63) is 10.6 Å². The summed E-state index contributed by atoms with van der Waals surface area (Å²) in [4.78, 5) is 7.84. The maximum Gasteiger partial charge on any atom is 0.186 e. The van der Waals surface area contributed by atoms with E-state index < -0.39 is 0 Å². The van der Waals surface area contributed by atoms with Crippen molar-refractivity contribution in [2.75, 3.05) is 18.0 Å². The molecular weight excluding hydrogens is 232 g/mol. The van der Waals surface area contributed by atoms with Crippen LogP contribution < -0.4 is 10.6 Å². The predicted octanol–water partition coefficient (Wildman–Crippen LogP) is 2.37. The minimum absolute atomic E-state index is 0.153. The number of nitrogens with two attached hydrogens (primary N) is 1. The second-order valence-electron chi connectivity index (χ2n) is 4.44. The number of hydrogen-bond donors (Lipinski definition) is 2. The molecule has 1 saturated heterocycles. The molecule has 5 heteroatoms. The first-order chi connectivity index (χ1) is 8.22. The zero-order valence-electron chi connectivity index (χ0n) is 10.3. The molecule has 0 radical (unpaired) electrons. The molecule has 4 nitrogen and oxygen atoms in total. The van der Waals surface area contributed by atoms with Crippen LogP contribution in [0.15, 0.2) is 0 Å². The van der Waals surface area contributed by atoms with Gasteiger partial charge in [-0.3, -0.25) is 5.41 Å². The third kappa shape index (κ3) is 2.77. The van der Waals surface area contributed by atoms with E-state index in [1.54, 1.807) is 11.3 Å². The van der Waals surface area contributed by atoms with Gasteiger partial charge in [-0.15, -0.1) is 0 Å². The summed E-state index contributed by atoms with van der Waals surface area (Å²) < 4.78 is 0. The molecule has 0 aliphatic carbocycles. The van der Waals surface area contributed by atoms with Gasteiger partial charge in [-0.2, -0.15) is 0 Å². The molecule has 3 N–H and O–H groups in total. The molecule has 94 valence electrons. The zero-order valence-corrected chi connectivity index (χ0v) is 11.1. The molecule has 0 saturated carbocycles. The first-order valence-corrected chi connectivity index (χ1v) is 7.13. The fraction of sp³-hybridized carbons (Fsp3) is 0.667. The lowest BCUT2D eigenvalue weighted by Gasteiger charge is -2.18. The molecule has 17 heavy (non-hydrogen) atoms. The van der Waals surface area contributed by atoms with Gasteiger partial charge in [0.1, 0.15) is 5.84 Å². The fourth-order valence-corrected chi connectivity index (χ4v) is 3.25. The van der Waals surface area contributed by atoms with E-state index in [9.17, 15) is 0 Å². The Bertz CT molecular complexity index is 391. The van der Waals surface area contributed by atoms with Crippen molar-refractivity contribution in [2.45, 2.75) is 39.0 Å².